The van der Waals surface area contributed by atoms with Gasteiger partial charge in [0.2, 0.25) is 5.95 Å². The number of rotatable bonds is 2. The van der Waals surface area contributed by atoms with Crippen molar-refractivity contribution >= 4 is 0 Å². The molecule has 0 aliphatic heterocycles. The highest BCUT2D eigenvalue weighted by molar-refractivity contribution is 5.24. The number of hydrogen-bond acceptors (Lipinski definition) is 1. The summed E-state index contributed by atoms with van der Waals surface area (Å²) < 4.78 is 12.9. The smallest absolute Gasteiger partial charge is 0.216 e. The fourth-order valence-electron chi connectivity index (χ4n) is 1.21. The van der Waals surface area contributed by atoms with Crippen LogP contribution in [0, 0.1) is 5.95 Å². The highest BCUT2D eigenvalue weighted by atomic mass is 19.1. The normalized spacial score (nSPS) is 10.1. The zero-order chi connectivity index (χ0) is 8.27. The van der Waals surface area contributed by atoms with Crippen molar-refractivity contribution in [3.63, 3.8) is 0 Å². The number of hydrogen-bond donors (Lipinski definition) is 0. The SMILES string of the molecule is CCc1ccnc(F)c1CC. The lowest BCUT2D eigenvalue weighted by molar-refractivity contribution is 0.565. The molecule has 11 heavy (non-hydrogen) atoms. The molecule has 0 spiro atoms. The monoisotopic (exact) mass is 153 g/mol. The van der Waals surface area contributed by atoms with Gasteiger partial charge in [-0.05, 0) is 24.5 Å². The number of nitrogens with zero attached hydrogens (tertiary/aromatic N) is 1. The number of pyridine rings is 1. The summed E-state index contributed by atoms with van der Waals surface area (Å²) in [7, 11) is 0. The Morgan fingerprint density at radius 3 is 2.55 bits per heavy atom. The predicted octanol–water partition coefficient (Wildman–Crippen LogP) is 2.35. The van der Waals surface area contributed by atoms with E-state index in [9.17, 15) is 4.39 Å². The van der Waals surface area contributed by atoms with Gasteiger partial charge in [-0.15, -0.1) is 0 Å². The Hall–Kier alpha value is -0.920. The molecule has 1 heterocycles. The van der Waals surface area contributed by atoms with Crippen LogP contribution in [0.3, 0.4) is 0 Å². The Balaban J connectivity index is 3.13. The summed E-state index contributed by atoms with van der Waals surface area (Å²) in [6.07, 6.45) is 3.12. The van der Waals surface area contributed by atoms with E-state index < -0.39 is 0 Å². The molecule has 0 unspecified atom stereocenters. The Kier molecular flexibility index (Phi) is 2.58. The average molecular weight is 153 g/mol. The first-order chi connectivity index (χ1) is 5.29. The largest absolute Gasteiger partial charge is 0.228 e. The topological polar surface area (TPSA) is 12.9 Å². The van der Waals surface area contributed by atoms with Crippen molar-refractivity contribution in [1.82, 2.24) is 4.98 Å². The molecular weight excluding hydrogens is 141 g/mol. The zero-order valence-electron chi connectivity index (χ0n) is 6.89. The highest BCUT2D eigenvalue weighted by Gasteiger charge is 2.04. The van der Waals surface area contributed by atoms with Crippen molar-refractivity contribution in [2.45, 2.75) is 26.7 Å². The molecule has 0 radical (unpaired) electrons. The summed E-state index contributed by atoms with van der Waals surface area (Å²) in [5.74, 6) is -0.313. The summed E-state index contributed by atoms with van der Waals surface area (Å²) in [6, 6.07) is 1.88. The summed E-state index contributed by atoms with van der Waals surface area (Å²) >= 11 is 0. The first kappa shape index (κ1) is 8.18. The average Bonchev–Trinajstić information content (AvgIpc) is 2.04. The van der Waals surface area contributed by atoms with Crippen LogP contribution in [-0.4, -0.2) is 4.98 Å². The van der Waals surface area contributed by atoms with Crippen LogP contribution in [0.1, 0.15) is 25.0 Å². The van der Waals surface area contributed by atoms with Gasteiger partial charge in [0.05, 0.1) is 0 Å². The van der Waals surface area contributed by atoms with E-state index in [0.29, 0.717) is 0 Å². The van der Waals surface area contributed by atoms with Crippen molar-refractivity contribution in [2.24, 2.45) is 0 Å². The molecule has 0 bridgehead atoms. The third-order valence-electron chi connectivity index (χ3n) is 1.83. The third kappa shape index (κ3) is 1.56. The van der Waals surface area contributed by atoms with Crippen LogP contribution in [0.15, 0.2) is 12.3 Å². The summed E-state index contributed by atoms with van der Waals surface area (Å²) in [6.45, 7) is 3.97. The van der Waals surface area contributed by atoms with Crippen LogP contribution in [0.25, 0.3) is 0 Å². The van der Waals surface area contributed by atoms with Crippen molar-refractivity contribution in [3.05, 3.63) is 29.3 Å². The van der Waals surface area contributed by atoms with Gasteiger partial charge in [0, 0.05) is 11.8 Å². The maximum absolute atomic E-state index is 12.9. The molecule has 0 N–H and O–H groups in total. The fraction of sp³-hybridized carbons (Fsp3) is 0.444. The highest BCUT2D eigenvalue weighted by Crippen LogP contribution is 2.11. The van der Waals surface area contributed by atoms with Crippen molar-refractivity contribution in [1.29, 1.82) is 0 Å². The van der Waals surface area contributed by atoms with Gasteiger partial charge in [0.25, 0.3) is 0 Å². The quantitative estimate of drug-likeness (QED) is 0.594. The van der Waals surface area contributed by atoms with E-state index in [1.165, 1.54) is 6.20 Å². The Labute approximate surface area is 66.3 Å². The summed E-state index contributed by atoms with van der Waals surface area (Å²) in [5.41, 5.74) is 1.83. The zero-order valence-corrected chi connectivity index (χ0v) is 6.89. The lowest BCUT2D eigenvalue weighted by atomic mass is 10.1. The molecule has 0 fully saturated rings. The Morgan fingerprint density at radius 1 is 1.36 bits per heavy atom. The molecule has 0 atom stereocenters. The molecule has 0 aliphatic rings. The molecular formula is C9H12FN. The van der Waals surface area contributed by atoms with Gasteiger partial charge in [-0.2, -0.15) is 4.39 Å². The molecule has 1 aromatic rings. The van der Waals surface area contributed by atoms with Crippen LogP contribution in [0.5, 0.6) is 0 Å². The van der Waals surface area contributed by atoms with Crippen molar-refractivity contribution in [2.75, 3.05) is 0 Å². The second kappa shape index (κ2) is 3.46. The number of aryl methyl sites for hydroxylation is 1. The van der Waals surface area contributed by atoms with Crippen LogP contribution in [-0.2, 0) is 12.8 Å². The fourth-order valence-corrected chi connectivity index (χ4v) is 1.21. The second-order valence-corrected chi connectivity index (χ2v) is 2.45. The minimum atomic E-state index is -0.313. The molecule has 1 nitrogen and oxygen atoms in total. The molecule has 0 saturated heterocycles. The minimum absolute atomic E-state index is 0.313. The number of halogens is 1. The van der Waals surface area contributed by atoms with Gasteiger partial charge >= 0.3 is 0 Å². The van der Waals surface area contributed by atoms with E-state index in [2.05, 4.69) is 4.98 Å². The van der Waals surface area contributed by atoms with Gasteiger partial charge < -0.3 is 0 Å². The van der Waals surface area contributed by atoms with E-state index >= 15 is 0 Å². The predicted molar refractivity (Wildman–Crippen MR) is 43.0 cm³/mol. The molecule has 1 rings (SSSR count). The lowest BCUT2D eigenvalue weighted by Gasteiger charge is -2.03. The van der Waals surface area contributed by atoms with E-state index in [4.69, 9.17) is 0 Å². The van der Waals surface area contributed by atoms with Gasteiger partial charge in [-0.1, -0.05) is 13.8 Å². The molecule has 0 aromatic carbocycles. The van der Waals surface area contributed by atoms with Crippen molar-refractivity contribution < 1.29 is 4.39 Å². The summed E-state index contributed by atoms with van der Waals surface area (Å²) in [5, 5.41) is 0. The molecule has 1 aromatic heterocycles. The van der Waals surface area contributed by atoms with E-state index in [0.717, 1.165) is 24.0 Å². The minimum Gasteiger partial charge on any atom is -0.228 e. The van der Waals surface area contributed by atoms with Crippen LogP contribution < -0.4 is 0 Å². The Morgan fingerprint density at radius 2 is 2.09 bits per heavy atom. The molecule has 2 heteroatoms. The van der Waals surface area contributed by atoms with Gasteiger partial charge in [0.15, 0.2) is 0 Å². The van der Waals surface area contributed by atoms with Crippen LogP contribution in [0.4, 0.5) is 4.39 Å². The molecule has 60 valence electrons. The van der Waals surface area contributed by atoms with E-state index in [-0.39, 0.29) is 5.95 Å². The second-order valence-electron chi connectivity index (χ2n) is 2.45. The molecule has 0 amide bonds. The van der Waals surface area contributed by atoms with E-state index in [1.54, 1.807) is 0 Å². The summed E-state index contributed by atoms with van der Waals surface area (Å²) in [4.78, 5) is 3.59. The first-order valence-electron chi connectivity index (χ1n) is 3.91. The molecule has 0 aliphatic carbocycles. The third-order valence-corrected chi connectivity index (χ3v) is 1.83. The van der Waals surface area contributed by atoms with Gasteiger partial charge in [-0.3, -0.25) is 0 Å². The van der Waals surface area contributed by atoms with Crippen LogP contribution >= 0.6 is 0 Å². The van der Waals surface area contributed by atoms with Crippen LogP contribution in [0.2, 0.25) is 0 Å². The first-order valence-corrected chi connectivity index (χ1v) is 3.91. The van der Waals surface area contributed by atoms with Crippen molar-refractivity contribution in [3.8, 4) is 0 Å². The standard InChI is InChI=1S/C9H12FN/c1-3-7-5-6-11-9(10)8(7)4-2/h5-6H,3-4H2,1-2H3. The lowest BCUT2D eigenvalue weighted by Crippen LogP contribution is -1.97. The maximum atomic E-state index is 12.9. The van der Waals surface area contributed by atoms with E-state index in [1.807, 2.05) is 19.9 Å². The Bertz CT molecular complexity index is 245. The van der Waals surface area contributed by atoms with Gasteiger partial charge in [0.1, 0.15) is 0 Å². The van der Waals surface area contributed by atoms with Gasteiger partial charge in [-0.25, -0.2) is 4.98 Å². The number of aromatic nitrogens is 1. The molecule has 0 saturated carbocycles. The maximum Gasteiger partial charge on any atom is 0.216 e.